The molecule has 2 rings (SSSR count). The third kappa shape index (κ3) is 3.73. The molecule has 1 amide bonds. The minimum Gasteiger partial charge on any atom is -0.347 e. The van der Waals surface area contributed by atoms with E-state index in [1.165, 1.54) is 12.1 Å². The Morgan fingerprint density at radius 1 is 1.23 bits per heavy atom. The van der Waals surface area contributed by atoms with E-state index in [1.54, 1.807) is 0 Å². The zero-order valence-electron chi connectivity index (χ0n) is 11.7. The lowest BCUT2D eigenvalue weighted by Crippen LogP contribution is -2.67. The van der Waals surface area contributed by atoms with Crippen LogP contribution in [0.1, 0.15) is 24.3 Å². The number of alkyl halides is 3. The second kappa shape index (κ2) is 6.20. The lowest BCUT2D eigenvalue weighted by Gasteiger charge is -2.26. The maximum absolute atomic E-state index is 13.9. The molecule has 1 fully saturated rings. The molecule has 1 aromatic carbocycles. The van der Waals surface area contributed by atoms with E-state index in [-0.39, 0.29) is 24.9 Å². The molecular weight excluding hydrogens is 307 g/mol. The molecule has 0 aliphatic carbocycles. The summed E-state index contributed by atoms with van der Waals surface area (Å²) in [5, 5.41) is 0. The Labute approximate surface area is 123 Å². The average Bonchev–Trinajstić information content (AvgIpc) is 2.54. The Bertz CT molecular complexity index is 561. The predicted octanol–water partition coefficient (Wildman–Crippen LogP) is 1.84. The van der Waals surface area contributed by atoms with Crippen molar-refractivity contribution in [2.45, 2.75) is 31.0 Å². The number of carbonyl (C=O) groups excluding carboxylic acids is 1. The van der Waals surface area contributed by atoms with E-state index >= 15 is 0 Å². The Balaban J connectivity index is 2.29. The van der Waals surface area contributed by atoms with Gasteiger partial charge in [0.2, 0.25) is 0 Å². The van der Waals surface area contributed by atoms with Crippen LogP contribution in [0.25, 0.3) is 0 Å². The van der Waals surface area contributed by atoms with Crippen molar-refractivity contribution in [2.24, 2.45) is 0 Å². The lowest BCUT2D eigenvalue weighted by atomic mass is 9.93. The number of carbonyl (C=O) groups is 1. The van der Waals surface area contributed by atoms with Gasteiger partial charge in [-0.25, -0.2) is 8.78 Å². The number of likely N-dealkylation sites (tertiary alicyclic amines) is 1. The van der Waals surface area contributed by atoms with Gasteiger partial charge in [-0.3, -0.25) is 4.79 Å². The Hall–Kier alpha value is -1.70. The molecule has 1 aromatic rings. The summed E-state index contributed by atoms with van der Waals surface area (Å²) in [5.41, 5.74) is 3.56. The summed E-state index contributed by atoms with van der Waals surface area (Å²) < 4.78 is 65.0. The molecule has 0 bridgehead atoms. The van der Waals surface area contributed by atoms with E-state index in [2.05, 4.69) is 5.73 Å². The van der Waals surface area contributed by atoms with Gasteiger partial charge in [-0.15, -0.1) is 0 Å². The molecule has 22 heavy (non-hydrogen) atoms. The lowest BCUT2D eigenvalue weighted by molar-refractivity contribution is -0.406. The first-order valence-corrected chi connectivity index (χ1v) is 6.81. The highest BCUT2D eigenvalue weighted by atomic mass is 19.4. The maximum atomic E-state index is 13.9. The predicted molar refractivity (Wildman–Crippen MR) is 67.6 cm³/mol. The van der Waals surface area contributed by atoms with Crippen molar-refractivity contribution < 1.29 is 32.5 Å². The summed E-state index contributed by atoms with van der Waals surface area (Å²) in [6.07, 6.45) is -4.05. The standard InChI is InChI=1S/C14H15F5N2O/c15-10-3-1-2-9(12(10)16)8-4-5-11(20)13(22)21(6-8)7-14(17,18)19/h1-3,8,11H,4-7,20H2/p+1/t8-,11-/m1/s1. The van der Waals surface area contributed by atoms with Crippen molar-refractivity contribution in [1.29, 1.82) is 0 Å². The molecule has 0 unspecified atom stereocenters. The molecule has 3 nitrogen and oxygen atoms in total. The highest BCUT2D eigenvalue weighted by Gasteiger charge is 2.39. The quantitative estimate of drug-likeness (QED) is 0.830. The second-order valence-electron chi connectivity index (χ2n) is 5.45. The zero-order valence-corrected chi connectivity index (χ0v) is 11.7. The first kappa shape index (κ1) is 16.7. The van der Waals surface area contributed by atoms with Crippen LogP contribution < -0.4 is 5.73 Å². The molecule has 0 spiro atoms. The van der Waals surface area contributed by atoms with Gasteiger partial charge in [0.15, 0.2) is 17.7 Å². The van der Waals surface area contributed by atoms with Gasteiger partial charge in [0, 0.05) is 18.9 Å². The van der Waals surface area contributed by atoms with Crippen LogP contribution in [-0.2, 0) is 4.79 Å². The molecule has 2 atom stereocenters. The Morgan fingerprint density at radius 3 is 2.55 bits per heavy atom. The molecule has 1 saturated heterocycles. The number of rotatable bonds is 2. The van der Waals surface area contributed by atoms with Crippen LogP contribution in [0.4, 0.5) is 22.0 Å². The Morgan fingerprint density at radius 2 is 1.91 bits per heavy atom. The van der Waals surface area contributed by atoms with Crippen molar-refractivity contribution in [3.8, 4) is 0 Å². The SMILES string of the molecule is [NH3+][C@@H]1CC[C@@H](c2cccc(F)c2F)CN(CC(F)(F)F)C1=O. The molecule has 8 heteroatoms. The number of hydrogen-bond donors (Lipinski definition) is 1. The van der Waals surface area contributed by atoms with Gasteiger partial charge < -0.3 is 10.6 Å². The van der Waals surface area contributed by atoms with E-state index in [1.807, 2.05) is 0 Å². The molecule has 1 aliphatic rings. The molecule has 3 N–H and O–H groups in total. The van der Waals surface area contributed by atoms with E-state index < -0.39 is 42.2 Å². The summed E-state index contributed by atoms with van der Waals surface area (Å²) in [6.45, 7) is -1.71. The smallest absolute Gasteiger partial charge is 0.347 e. The fourth-order valence-electron chi connectivity index (χ4n) is 2.68. The maximum Gasteiger partial charge on any atom is 0.406 e. The Kier molecular flexibility index (Phi) is 4.69. The second-order valence-corrected chi connectivity index (χ2v) is 5.45. The monoisotopic (exact) mass is 323 g/mol. The molecule has 1 aliphatic heterocycles. The fourth-order valence-corrected chi connectivity index (χ4v) is 2.68. The number of amides is 1. The number of quaternary nitrogens is 1. The van der Waals surface area contributed by atoms with E-state index in [0.717, 1.165) is 6.07 Å². The van der Waals surface area contributed by atoms with Gasteiger partial charge in [0.05, 0.1) is 0 Å². The van der Waals surface area contributed by atoms with E-state index in [9.17, 15) is 26.7 Å². The zero-order chi connectivity index (χ0) is 16.5. The van der Waals surface area contributed by atoms with Gasteiger partial charge in [0.1, 0.15) is 6.54 Å². The largest absolute Gasteiger partial charge is 0.406 e. The highest BCUT2D eigenvalue weighted by Crippen LogP contribution is 2.30. The van der Waals surface area contributed by atoms with Gasteiger partial charge >= 0.3 is 6.18 Å². The average molecular weight is 323 g/mol. The number of halogens is 5. The number of nitrogens with zero attached hydrogens (tertiary/aromatic N) is 1. The van der Waals surface area contributed by atoms with Crippen LogP contribution in [0.5, 0.6) is 0 Å². The van der Waals surface area contributed by atoms with Gasteiger partial charge in [-0.2, -0.15) is 13.2 Å². The molecular formula is C14H16F5N2O+. The fraction of sp³-hybridized carbons (Fsp3) is 0.500. The third-order valence-electron chi connectivity index (χ3n) is 3.76. The minimum absolute atomic E-state index is 0.00549. The third-order valence-corrected chi connectivity index (χ3v) is 3.76. The summed E-state index contributed by atoms with van der Waals surface area (Å²) in [4.78, 5) is 12.6. The molecule has 0 radical (unpaired) electrons. The number of hydrogen-bond acceptors (Lipinski definition) is 1. The van der Waals surface area contributed by atoms with Gasteiger partial charge in [0.25, 0.3) is 5.91 Å². The summed E-state index contributed by atoms with van der Waals surface area (Å²) >= 11 is 0. The molecule has 122 valence electrons. The van der Waals surface area contributed by atoms with Gasteiger partial charge in [-0.1, -0.05) is 12.1 Å². The molecule has 0 saturated carbocycles. The van der Waals surface area contributed by atoms with Crippen LogP contribution in [0.15, 0.2) is 18.2 Å². The van der Waals surface area contributed by atoms with Crippen molar-refractivity contribution in [1.82, 2.24) is 4.90 Å². The summed E-state index contributed by atoms with van der Waals surface area (Å²) in [6, 6.07) is 2.76. The van der Waals surface area contributed by atoms with Crippen LogP contribution >= 0.6 is 0 Å². The number of benzene rings is 1. The van der Waals surface area contributed by atoms with Crippen LogP contribution in [0.3, 0.4) is 0 Å². The van der Waals surface area contributed by atoms with Crippen molar-refractivity contribution >= 4 is 5.91 Å². The summed E-state index contributed by atoms with van der Waals surface area (Å²) in [5.74, 6) is -3.53. The van der Waals surface area contributed by atoms with Crippen LogP contribution in [0, 0.1) is 11.6 Å². The summed E-state index contributed by atoms with van der Waals surface area (Å²) in [7, 11) is 0. The highest BCUT2D eigenvalue weighted by molar-refractivity contribution is 5.80. The van der Waals surface area contributed by atoms with Crippen molar-refractivity contribution in [3.63, 3.8) is 0 Å². The van der Waals surface area contributed by atoms with E-state index in [4.69, 9.17) is 0 Å². The minimum atomic E-state index is -4.55. The first-order chi connectivity index (χ1) is 10.2. The molecule has 1 heterocycles. The van der Waals surface area contributed by atoms with Crippen molar-refractivity contribution in [2.75, 3.05) is 13.1 Å². The first-order valence-electron chi connectivity index (χ1n) is 6.81. The molecule has 0 aromatic heterocycles. The van der Waals surface area contributed by atoms with Gasteiger partial charge in [-0.05, 0) is 18.1 Å². The van der Waals surface area contributed by atoms with E-state index in [0.29, 0.717) is 4.90 Å². The van der Waals surface area contributed by atoms with Crippen LogP contribution in [0.2, 0.25) is 0 Å². The van der Waals surface area contributed by atoms with Crippen LogP contribution in [-0.4, -0.2) is 36.1 Å². The normalized spacial score (nSPS) is 23.5. The topological polar surface area (TPSA) is 48.0 Å². The van der Waals surface area contributed by atoms with Crippen molar-refractivity contribution in [3.05, 3.63) is 35.4 Å².